The lowest BCUT2D eigenvalue weighted by Crippen LogP contribution is -2.44. The Morgan fingerprint density at radius 2 is 2.06 bits per heavy atom. The number of pyridine rings is 1. The Kier molecular flexibility index (Phi) is 3.58. The smallest absolute Gasteiger partial charge is 0.307 e. The molecule has 0 saturated carbocycles. The number of piperazine rings is 1. The Morgan fingerprint density at radius 1 is 1.35 bits per heavy atom. The summed E-state index contributed by atoms with van der Waals surface area (Å²) in [6.45, 7) is 4.03. The molecule has 5 nitrogen and oxygen atoms in total. The minimum absolute atomic E-state index is 0.0377. The van der Waals surface area contributed by atoms with Crippen LogP contribution in [0.25, 0.3) is 0 Å². The van der Waals surface area contributed by atoms with Crippen LogP contribution in [-0.4, -0.2) is 54.2 Å². The third-order valence-corrected chi connectivity index (χ3v) is 2.99. The number of nitrogens with zero attached hydrogens (tertiary/aromatic N) is 3. The number of hydrogen-bond acceptors (Lipinski definition) is 4. The summed E-state index contributed by atoms with van der Waals surface area (Å²) in [7, 11) is 2.11. The lowest BCUT2D eigenvalue weighted by molar-refractivity contribution is -0.136. The molecule has 0 radical (unpaired) electrons. The topological polar surface area (TPSA) is 56.7 Å². The molecule has 0 unspecified atom stereocenters. The van der Waals surface area contributed by atoms with Gasteiger partial charge in [0.1, 0.15) is 5.82 Å². The van der Waals surface area contributed by atoms with Crippen LogP contribution in [0, 0.1) is 0 Å². The second-order valence-electron chi connectivity index (χ2n) is 4.39. The number of aromatic nitrogens is 1. The third-order valence-electron chi connectivity index (χ3n) is 2.99. The van der Waals surface area contributed by atoms with Gasteiger partial charge in [0.15, 0.2) is 0 Å². The van der Waals surface area contributed by atoms with Crippen molar-refractivity contribution in [1.82, 2.24) is 9.88 Å². The Labute approximate surface area is 101 Å². The number of carboxylic acid groups (broad SMARTS) is 1. The molecule has 17 heavy (non-hydrogen) atoms. The highest BCUT2D eigenvalue weighted by Crippen LogP contribution is 2.13. The van der Waals surface area contributed by atoms with E-state index in [1.807, 2.05) is 12.1 Å². The van der Waals surface area contributed by atoms with Crippen LogP contribution in [0.2, 0.25) is 0 Å². The highest BCUT2D eigenvalue weighted by Gasteiger charge is 2.15. The quantitative estimate of drug-likeness (QED) is 0.825. The zero-order chi connectivity index (χ0) is 12.3. The number of hydrogen-bond donors (Lipinski definition) is 1. The number of rotatable bonds is 3. The van der Waals surface area contributed by atoms with E-state index in [4.69, 9.17) is 5.11 Å². The van der Waals surface area contributed by atoms with Gasteiger partial charge in [0.25, 0.3) is 0 Å². The van der Waals surface area contributed by atoms with Gasteiger partial charge in [-0.05, 0) is 18.7 Å². The summed E-state index contributed by atoms with van der Waals surface area (Å²) in [5.74, 6) is 0.117. The molecule has 1 aromatic rings. The van der Waals surface area contributed by atoms with Crippen LogP contribution in [0.5, 0.6) is 0 Å². The van der Waals surface area contributed by atoms with Crippen LogP contribution in [0.4, 0.5) is 5.82 Å². The van der Waals surface area contributed by atoms with Crippen molar-refractivity contribution in [3.8, 4) is 0 Å². The maximum absolute atomic E-state index is 10.5. The van der Waals surface area contributed by atoms with Crippen LogP contribution >= 0.6 is 0 Å². The van der Waals surface area contributed by atoms with Crippen molar-refractivity contribution >= 4 is 11.8 Å². The average Bonchev–Trinajstić information content (AvgIpc) is 2.30. The third kappa shape index (κ3) is 3.17. The highest BCUT2D eigenvalue weighted by molar-refractivity contribution is 5.70. The molecule has 1 fully saturated rings. The lowest BCUT2D eigenvalue weighted by atomic mass is 10.2. The van der Waals surface area contributed by atoms with Gasteiger partial charge < -0.3 is 14.9 Å². The Hall–Kier alpha value is -1.62. The molecule has 1 saturated heterocycles. The summed E-state index contributed by atoms with van der Waals surface area (Å²) >= 11 is 0. The standard InChI is InChI=1S/C12H17N3O2/c1-14-4-6-15(7-5-14)11-3-2-10(9-13-11)8-12(16)17/h2-3,9H,4-8H2,1H3,(H,16,17). The van der Waals surface area contributed by atoms with Crippen LogP contribution in [-0.2, 0) is 11.2 Å². The number of aliphatic carboxylic acids is 1. The molecule has 5 heteroatoms. The summed E-state index contributed by atoms with van der Waals surface area (Å²) in [6, 6.07) is 3.75. The van der Waals surface area contributed by atoms with Crippen molar-refractivity contribution < 1.29 is 9.90 Å². The van der Waals surface area contributed by atoms with Crippen LogP contribution < -0.4 is 4.90 Å². The minimum atomic E-state index is -0.820. The zero-order valence-corrected chi connectivity index (χ0v) is 9.96. The molecule has 0 bridgehead atoms. The van der Waals surface area contributed by atoms with Gasteiger partial charge in [0, 0.05) is 32.4 Å². The number of anilines is 1. The first-order valence-electron chi connectivity index (χ1n) is 5.75. The predicted octanol–water partition coefficient (Wildman–Crippen LogP) is 0.460. The van der Waals surface area contributed by atoms with Crippen LogP contribution in [0.3, 0.4) is 0 Å². The fraction of sp³-hybridized carbons (Fsp3) is 0.500. The van der Waals surface area contributed by atoms with Gasteiger partial charge in [-0.1, -0.05) is 6.07 Å². The molecule has 92 valence electrons. The maximum atomic E-state index is 10.5. The van der Waals surface area contributed by atoms with Crippen LogP contribution in [0.1, 0.15) is 5.56 Å². The summed E-state index contributed by atoms with van der Waals surface area (Å²) in [5, 5.41) is 8.67. The van der Waals surface area contributed by atoms with Gasteiger partial charge in [-0.3, -0.25) is 4.79 Å². The van der Waals surface area contributed by atoms with Crippen molar-refractivity contribution in [2.75, 3.05) is 38.1 Å². The fourth-order valence-electron chi connectivity index (χ4n) is 1.92. The SMILES string of the molecule is CN1CCN(c2ccc(CC(=O)O)cn2)CC1. The lowest BCUT2D eigenvalue weighted by Gasteiger charge is -2.33. The van der Waals surface area contributed by atoms with E-state index in [0.29, 0.717) is 0 Å². The van der Waals surface area contributed by atoms with Crippen molar-refractivity contribution in [2.45, 2.75) is 6.42 Å². The van der Waals surface area contributed by atoms with E-state index in [9.17, 15) is 4.79 Å². The van der Waals surface area contributed by atoms with Gasteiger partial charge in [-0.2, -0.15) is 0 Å². The predicted molar refractivity (Wildman–Crippen MR) is 65.3 cm³/mol. The number of carboxylic acids is 1. The fourth-order valence-corrected chi connectivity index (χ4v) is 1.92. The van der Waals surface area contributed by atoms with Crippen molar-refractivity contribution in [3.05, 3.63) is 23.9 Å². The molecule has 1 N–H and O–H groups in total. The van der Waals surface area contributed by atoms with E-state index in [1.165, 1.54) is 0 Å². The Balaban J connectivity index is 2.00. The molecule has 0 aliphatic carbocycles. The maximum Gasteiger partial charge on any atom is 0.307 e. The van der Waals surface area contributed by atoms with E-state index in [1.54, 1.807) is 6.20 Å². The second-order valence-corrected chi connectivity index (χ2v) is 4.39. The number of likely N-dealkylation sites (N-methyl/N-ethyl adjacent to an activating group) is 1. The normalized spacial score (nSPS) is 17.1. The van der Waals surface area contributed by atoms with Gasteiger partial charge in [0.05, 0.1) is 6.42 Å². The van der Waals surface area contributed by atoms with E-state index in [2.05, 4.69) is 21.8 Å². The van der Waals surface area contributed by atoms with Gasteiger partial charge in [0.2, 0.25) is 0 Å². The molecular weight excluding hydrogens is 218 g/mol. The molecule has 1 aliphatic heterocycles. The molecule has 0 aromatic carbocycles. The Morgan fingerprint density at radius 3 is 2.59 bits per heavy atom. The van der Waals surface area contributed by atoms with Gasteiger partial charge in [-0.15, -0.1) is 0 Å². The summed E-state index contributed by atoms with van der Waals surface area (Å²) < 4.78 is 0. The highest BCUT2D eigenvalue weighted by atomic mass is 16.4. The van der Waals surface area contributed by atoms with Gasteiger partial charge >= 0.3 is 5.97 Å². The van der Waals surface area contributed by atoms with Gasteiger partial charge in [-0.25, -0.2) is 4.98 Å². The van der Waals surface area contributed by atoms with Crippen molar-refractivity contribution in [2.24, 2.45) is 0 Å². The number of carbonyl (C=O) groups is 1. The molecule has 1 aromatic heterocycles. The second kappa shape index (κ2) is 5.14. The van der Waals surface area contributed by atoms with E-state index in [0.717, 1.165) is 37.6 Å². The zero-order valence-electron chi connectivity index (χ0n) is 9.96. The van der Waals surface area contributed by atoms with Crippen molar-refractivity contribution in [1.29, 1.82) is 0 Å². The van der Waals surface area contributed by atoms with Crippen molar-refractivity contribution in [3.63, 3.8) is 0 Å². The first-order valence-corrected chi connectivity index (χ1v) is 5.75. The Bertz CT molecular complexity index is 383. The molecule has 0 amide bonds. The van der Waals surface area contributed by atoms with E-state index < -0.39 is 5.97 Å². The largest absolute Gasteiger partial charge is 0.481 e. The molecular formula is C12H17N3O2. The molecule has 2 heterocycles. The molecule has 1 aliphatic rings. The minimum Gasteiger partial charge on any atom is -0.481 e. The summed E-state index contributed by atoms with van der Waals surface area (Å²) in [5.41, 5.74) is 0.746. The molecule has 0 atom stereocenters. The first kappa shape index (κ1) is 11.9. The summed E-state index contributed by atoms with van der Waals surface area (Å²) in [4.78, 5) is 19.4. The average molecular weight is 235 g/mol. The molecule has 2 rings (SSSR count). The monoisotopic (exact) mass is 235 g/mol. The summed E-state index contributed by atoms with van der Waals surface area (Å²) in [6.07, 6.45) is 1.69. The van der Waals surface area contributed by atoms with E-state index >= 15 is 0 Å². The van der Waals surface area contributed by atoms with Crippen LogP contribution in [0.15, 0.2) is 18.3 Å². The first-order chi connectivity index (χ1) is 8.15. The van der Waals surface area contributed by atoms with E-state index in [-0.39, 0.29) is 6.42 Å². The molecule has 0 spiro atoms.